The highest BCUT2D eigenvalue weighted by Crippen LogP contribution is 2.34. The van der Waals surface area contributed by atoms with Crippen molar-refractivity contribution in [3.8, 4) is 0 Å². The van der Waals surface area contributed by atoms with Crippen LogP contribution in [0.1, 0.15) is 181 Å². The van der Waals surface area contributed by atoms with Gasteiger partial charge in [0, 0.05) is 5.75 Å². The molecule has 0 unspecified atom stereocenters. The molecule has 0 atom stereocenters. The maximum atomic E-state index is 12.1. The monoisotopic (exact) mass is 498 g/mol. The summed E-state index contributed by atoms with van der Waals surface area (Å²) in [6.45, 7) is 4.55. The van der Waals surface area contributed by atoms with Gasteiger partial charge in [0.2, 0.25) is 0 Å². The molecular weight excluding hydrogens is 436 g/mol. The van der Waals surface area contributed by atoms with Crippen molar-refractivity contribution >= 4 is 18.6 Å². The summed E-state index contributed by atoms with van der Waals surface area (Å²) in [5.41, 5.74) is -0.597. The second kappa shape index (κ2) is 25.9. The van der Waals surface area contributed by atoms with Gasteiger partial charge in [0.05, 0.1) is 5.41 Å². The van der Waals surface area contributed by atoms with Crippen molar-refractivity contribution in [3.05, 3.63) is 0 Å². The van der Waals surface area contributed by atoms with E-state index in [4.69, 9.17) is 0 Å². The maximum absolute atomic E-state index is 12.1. The van der Waals surface area contributed by atoms with Gasteiger partial charge in [0.25, 0.3) is 0 Å². The fraction of sp³-hybridized carbons (Fsp3) is 0.968. The largest absolute Gasteiger partial charge is 0.481 e. The Morgan fingerprint density at radius 1 is 0.500 bits per heavy atom. The van der Waals surface area contributed by atoms with E-state index in [1.807, 2.05) is 0 Å². The molecule has 0 spiro atoms. The van der Waals surface area contributed by atoms with Gasteiger partial charge in [0.15, 0.2) is 0 Å². The van der Waals surface area contributed by atoms with Gasteiger partial charge in [-0.1, -0.05) is 168 Å². The summed E-state index contributed by atoms with van der Waals surface area (Å²) in [7, 11) is 0. The molecule has 204 valence electrons. The van der Waals surface area contributed by atoms with Crippen LogP contribution in [-0.4, -0.2) is 16.8 Å². The first-order valence-corrected chi connectivity index (χ1v) is 16.1. The third-order valence-corrected chi connectivity index (χ3v) is 8.38. The standard InChI is InChI=1S/C31H62O2S/c1-3-5-7-9-11-13-15-17-19-21-23-25-27-31(29-34,30(32)33)28-26-24-22-20-18-16-14-12-10-8-6-4-2/h34H,3-29H2,1-2H3,(H,32,33). The Kier molecular flexibility index (Phi) is 25.8. The van der Waals surface area contributed by atoms with E-state index in [2.05, 4.69) is 26.5 Å². The highest BCUT2D eigenvalue weighted by atomic mass is 32.1. The molecule has 0 aliphatic heterocycles. The van der Waals surface area contributed by atoms with Gasteiger partial charge in [0.1, 0.15) is 0 Å². The highest BCUT2D eigenvalue weighted by molar-refractivity contribution is 7.80. The van der Waals surface area contributed by atoms with E-state index in [0.717, 1.165) is 25.7 Å². The molecule has 34 heavy (non-hydrogen) atoms. The zero-order chi connectivity index (χ0) is 25.2. The minimum atomic E-state index is -0.617. The van der Waals surface area contributed by atoms with Crippen LogP contribution in [0.3, 0.4) is 0 Å². The van der Waals surface area contributed by atoms with Crippen molar-refractivity contribution in [2.75, 3.05) is 5.75 Å². The molecule has 0 rings (SSSR count). The number of hydrogen-bond acceptors (Lipinski definition) is 2. The van der Waals surface area contributed by atoms with Gasteiger partial charge < -0.3 is 5.11 Å². The fourth-order valence-corrected chi connectivity index (χ4v) is 5.62. The van der Waals surface area contributed by atoms with Crippen LogP contribution in [-0.2, 0) is 4.79 Å². The fourth-order valence-electron chi connectivity index (χ4n) is 5.17. The van der Waals surface area contributed by atoms with Crippen LogP contribution in [0.15, 0.2) is 0 Å². The molecule has 0 aromatic rings. The quantitative estimate of drug-likeness (QED) is 0.0831. The van der Waals surface area contributed by atoms with Crippen LogP contribution < -0.4 is 0 Å². The lowest BCUT2D eigenvalue weighted by atomic mass is 9.79. The van der Waals surface area contributed by atoms with E-state index < -0.39 is 11.4 Å². The molecule has 0 amide bonds. The van der Waals surface area contributed by atoms with Crippen molar-refractivity contribution in [2.24, 2.45) is 5.41 Å². The Balaban J connectivity index is 3.75. The second-order valence-electron chi connectivity index (χ2n) is 11.0. The van der Waals surface area contributed by atoms with E-state index in [9.17, 15) is 9.90 Å². The number of thiol groups is 1. The molecule has 0 aromatic heterocycles. The Hall–Kier alpha value is -0.180. The summed E-state index contributed by atoms with van der Waals surface area (Å²) in [6, 6.07) is 0. The van der Waals surface area contributed by atoms with Crippen molar-refractivity contribution in [1.82, 2.24) is 0 Å². The van der Waals surface area contributed by atoms with Gasteiger partial charge in [-0.25, -0.2) is 0 Å². The summed E-state index contributed by atoms with van der Waals surface area (Å²) in [6.07, 6.45) is 33.3. The lowest BCUT2D eigenvalue weighted by molar-refractivity contribution is -0.148. The van der Waals surface area contributed by atoms with Crippen LogP contribution in [0.2, 0.25) is 0 Å². The normalized spacial score (nSPS) is 11.9. The summed E-state index contributed by atoms with van der Waals surface area (Å²) < 4.78 is 0. The third kappa shape index (κ3) is 20.1. The van der Waals surface area contributed by atoms with Crippen LogP contribution in [0.25, 0.3) is 0 Å². The van der Waals surface area contributed by atoms with Gasteiger partial charge in [-0.15, -0.1) is 0 Å². The van der Waals surface area contributed by atoms with E-state index >= 15 is 0 Å². The van der Waals surface area contributed by atoms with Gasteiger partial charge in [-0.2, -0.15) is 12.6 Å². The number of hydrogen-bond donors (Lipinski definition) is 2. The topological polar surface area (TPSA) is 37.3 Å². The molecule has 0 saturated carbocycles. The first-order valence-electron chi connectivity index (χ1n) is 15.5. The number of carboxylic acids is 1. The third-order valence-electron chi connectivity index (χ3n) is 7.77. The number of carbonyl (C=O) groups is 1. The van der Waals surface area contributed by atoms with E-state index in [-0.39, 0.29) is 0 Å². The first kappa shape index (κ1) is 33.8. The molecule has 2 nitrogen and oxygen atoms in total. The SMILES string of the molecule is CCCCCCCCCCCCCCC(CS)(CCCCCCCCCCCCCC)C(=O)O. The van der Waals surface area contributed by atoms with Crippen molar-refractivity contribution < 1.29 is 9.90 Å². The Morgan fingerprint density at radius 3 is 0.941 bits per heavy atom. The Labute approximate surface area is 220 Å². The van der Waals surface area contributed by atoms with Gasteiger partial charge in [-0.05, 0) is 12.8 Å². The second-order valence-corrected chi connectivity index (χ2v) is 11.3. The lowest BCUT2D eigenvalue weighted by Crippen LogP contribution is -2.33. The molecule has 0 aromatic carbocycles. The average Bonchev–Trinajstić information content (AvgIpc) is 2.84. The molecule has 3 heteroatoms. The van der Waals surface area contributed by atoms with Gasteiger partial charge >= 0.3 is 5.97 Å². The molecule has 0 fully saturated rings. The summed E-state index contributed by atoms with van der Waals surface area (Å²) in [5.74, 6) is -0.132. The van der Waals surface area contributed by atoms with Crippen LogP contribution >= 0.6 is 12.6 Å². The van der Waals surface area contributed by atoms with Crippen molar-refractivity contribution in [2.45, 2.75) is 181 Å². The molecule has 1 N–H and O–H groups in total. The average molecular weight is 499 g/mol. The number of carboxylic acid groups (broad SMARTS) is 1. The van der Waals surface area contributed by atoms with E-state index in [1.54, 1.807) is 0 Å². The predicted molar refractivity (Wildman–Crippen MR) is 155 cm³/mol. The number of rotatable bonds is 28. The van der Waals surface area contributed by atoms with E-state index in [0.29, 0.717) is 5.75 Å². The predicted octanol–water partition coefficient (Wildman–Crippen LogP) is 11.2. The number of aliphatic carboxylic acids is 1. The Morgan fingerprint density at radius 2 is 0.735 bits per heavy atom. The Bertz CT molecular complexity index is 396. The van der Waals surface area contributed by atoms with Gasteiger partial charge in [-0.3, -0.25) is 4.79 Å². The van der Waals surface area contributed by atoms with Crippen molar-refractivity contribution in [1.29, 1.82) is 0 Å². The summed E-state index contributed by atoms with van der Waals surface area (Å²) >= 11 is 4.48. The minimum Gasteiger partial charge on any atom is -0.481 e. The molecule has 0 aliphatic carbocycles. The highest BCUT2D eigenvalue weighted by Gasteiger charge is 2.35. The molecule has 0 saturated heterocycles. The molecule has 0 aliphatic rings. The summed E-state index contributed by atoms with van der Waals surface area (Å²) in [4.78, 5) is 12.1. The van der Waals surface area contributed by atoms with Crippen LogP contribution in [0, 0.1) is 5.41 Å². The summed E-state index contributed by atoms with van der Waals surface area (Å²) in [5, 5.41) is 9.93. The molecule has 0 bridgehead atoms. The first-order chi connectivity index (χ1) is 16.6. The van der Waals surface area contributed by atoms with Crippen LogP contribution in [0.5, 0.6) is 0 Å². The zero-order valence-corrected chi connectivity index (χ0v) is 24.3. The van der Waals surface area contributed by atoms with Crippen LogP contribution in [0.4, 0.5) is 0 Å². The molecule has 0 heterocycles. The van der Waals surface area contributed by atoms with E-state index in [1.165, 1.54) is 141 Å². The lowest BCUT2D eigenvalue weighted by Gasteiger charge is -2.28. The maximum Gasteiger partial charge on any atom is 0.310 e. The van der Waals surface area contributed by atoms with Crippen molar-refractivity contribution in [3.63, 3.8) is 0 Å². The minimum absolute atomic E-state index is 0.485. The zero-order valence-electron chi connectivity index (χ0n) is 23.4. The molecular formula is C31H62O2S. The molecule has 0 radical (unpaired) electrons. The smallest absolute Gasteiger partial charge is 0.310 e. The number of unbranched alkanes of at least 4 members (excludes halogenated alkanes) is 22.